The van der Waals surface area contributed by atoms with E-state index in [1.54, 1.807) is 0 Å². The number of aromatic nitrogens is 2. The summed E-state index contributed by atoms with van der Waals surface area (Å²) in [6.07, 6.45) is 9.19. The molecule has 2 aliphatic carbocycles. The molecule has 1 aromatic carbocycles. The van der Waals surface area contributed by atoms with E-state index in [0.29, 0.717) is 0 Å². The van der Waals surface area contributed by atoms with Gasteiger partial charge < -0.3 is 0 Å². The molecule has 2 aromatic rings. The molecule has 0 saturated heterocycles. The fraction of sp³-hybridized carbons (Fsp3) is 0.533. The van der Waals surface area contributed by atoms with Crippen LogP contribution in [0.15, 0.2) is 24.4 Å². The average molecular weight is 226 g/mol. The van der Waals surface area contributed by atoms with Crippen LogP contribution in [0, 0.1) is 17.8 Å². The molecule has 0 amide bonds. The van der Waals surface area contributed by atoms with E-state index in [1.807, 2.05) is 6.20 Å². The number of fused-ring (bicyclic) bond motifs is 3. The maximum absolute atomic E-state index is 4.09. The van der Waals surface area contributed by atoms with Gasteiger partial charge in [0.05, 0.1) is 11.7 Å². The van der Waals surface area contributed by atoms with Crippen molar-refractivity contribution in [2.45, 2.75) is 32.1 Å². The molecule has 3 atom stereocenters. The number of nitrogens with one attached hydrogen (secondary N) is 1. The first-order valence-electron chi connectivity index (χ1n) is 6.80. The Morgan fingerprint density at radius 3 is 3.06 bits per heavy atom. The Morgan fingerprint density at radius 2 is 2.24 bits per heavy atom. The van der Waals surface area contributed by atoms with Crippen LogP contribution in [0.4, 0.5) is 0 Å². The SMILES string of the molecule is c1cc2[nH]ncc2cc1CC1CC2CCC1C2. The van der Waals surface area contributed by atoms with Crippen LogP contribution in [0.2, 0.25) is 0 Å². The highest BCUT2D eigenvalue weighted by atomic mass is 15.1. The summed E-state index contributed by atoms with van der Waals surface area (Å²) >= 11 is 0. The Hall–Kier alpha value is -1.31. The summed E-state index contributed by atoms with van der Waals surface area (Å²) in [6, 6.07) is 6.75. The number of nitrogens with zero attached hydrogens (tertiary/aromatic N) is 1. The van der Waals surface area contributed by atoms with Gasteiger partial charge in [0.15, 0.2) is 0 Å². The third-order valence-corrected chi connectivity index (χ3v) is 4.89. The van der Waals surface area contributed by atoms with E-state index >= 15 is 0 Å². The van der Waals surface area contributed by atoms with Crippen molar-refractivity contribution in [3.8, 4) is 0 Å². The first kappa shape index (κ1) is 9.69. The minimum atomic E-state index is 0.957. The molecule has 2 nitrogen and oxygen atoms in total. The van der Waals surface area contributed by atoms with Crippen molar-refractivity contribution in [3.63, 3.8) is 0 Å². The fourth-order valence-electron chi connectivity index (χ4n) is 4.05. The highest BCUT2D eigenvalue weighted by Gasteiger charge is 2.39. The van der Waals surface area contributed by atoms with Crippen LogP contribution in [0.5, 0.6) is 0 Å². The van der Waals surface area contributed by atoms with Crippen LogP contribution in [0.1, 0.15) is 31.2 Å². The van der Waals surface area contributed by atoms with Gasteiger partial charge in [0.2, 0.25) is 0 Å². The average Bonchev–Trinajstić information content (AvgIpc) is 3.03. The van der Waals surface area contributed by atoms with Gasteiger partial charge in [-0.3, -0.25) is 5.10 Å². The van der Waals surface area contributed by atoms with Crippen LogP contribution in [-0.4, -0.2) is 10.2 Å². The monoisotopic (exact) mass is 226 g/mol. The fourth-order valence-corrected chi connectivity index (χ4v) is 4.05. The molecule has 4 rings (SSSR count). The molecule has 0 spiro atoms. The zero-order chi connectivity index (χ0) is 11.2. The molecule has 0 radical (unpaired) electrons. The summed E-state index contributed by atoms with van der Waals surface area (Å²) in [7, 11) is 0. The van der Waals surface area contributed by atoms with Crippen LogP contribution in [0.3, 0.4) is 0 Å². The van der Waals surface area contributed by atoms with Crippen molar-refractivity contribution in [3.05, 3.63) is 30.0 Å². The maximum atomic E-state index is 4.09. The summed E-state index contributed by atoms with van der Waals surface area (Å²) < 4.78 is 0. The summed E-state index contributed by atoms with van der Waals surface area (Å²) in [4.78, 5) is 0. The lowest BCUT2D eigenvalue weighted by Crippen LogP contribution is -2.12. The topological polar surface area (TPSA) is 28.7 Å². The molecule has 2 aliphatic rings. The summed E-state index contributed by atoms with van der Waals surface area (Å²) in [5, 5.41) is 8.36. The Kier molecular flexibility index (Phi) is 2.05. The van der Waals surface area contributed by atoms with E-state index in [9.17, 15) is 0 Å². The van der Waals surface area contributed by atoms with Crippen molar-refractivity contribution >= 4 is 10.9 Å². The van der Waals surface area contributed by atoms with Crippen molar-refractivity contribution in [2.24, 2.45) is 17.8 Å². The molecule has 2 fully saturated rings. The number of hydrogen-bond acceptors (Lipinski definition) is 1. The second-order valence-corrected chi connectivity index (χ2v) is 5.93. The summed E-state index contributed by atoms with van der Waals surface area (Å²) in [5.74, 6) is 3.04. The third-order valence-electron chi connectivity index (χ3n) is 4.89. The number of aromatic amines is 1. The van der Waals surface area contributed by atoms with Gasteiger partial charge in [-0.2, -0.15) is 5.10 Å². The minimum Gasteiger partial charge on any atom is -0.278 e. The maximum Gasteiger partial charge on any atom is 0.0650 e. The zero-order valence-electron chi connectivity index (χ0n) is 10.0. The van der Waals surface area contributed by atoms with Crippen LogP contribution in [0.25, 0.3) is 10.9 Å². The molecule has 2 saturated carbocycles. The third kappa shape index (κ3) is 1.58. The lowest BCUT2D eigenvalue weighted by Gasteiger charge is -2.21. The van der Waals surface area contributed by atoms with E-state index in [4.69, 9.17) is 0 Å². The van der Waals surface area contributed by atoms with E-state index in [1.165, 1.54) is 43.1 Å². The van der Waals surface area contributed by atoms with Gasteiger partial charge in [0, 0.05) is 5.39 Å². The standard InChI is InChI=1S/C15H18N2/c1-3-12-5-10(1)6-13(12)7-11-2-4-15-14(8-11)9-16-17-15/h2,4,8-10,12-13H,1,3,5-7H2,(H,16,17). The normalized spacial score (nSPS) is 31.4. The predicted molar refractivity (Wildman–Crippen MR) is 68.7 cm³/mol. The molecule has 2 bridgehead atoms. The van der Waals surface area contributed by atoms with Crippen molar-refractivity contribution in [1.29, 1.82) is 0 Å². The number of rotatable bonds is 2. The van der Waals surface area contributed by atoms with Crippen molar-refractivity contribution < 1.29 is 0 Å². The van der Waals surface area contributed by atoms with Gasteiger partial charge in [0.1, 0.15) is 0 Å². The van der Waals surface area contributed by atoms with Crippen LogP contribution < -0.4 is 0 Å². The van der Waals surface area contributed by atoms with Gasteiger partial charge in [0.25, 0.3) is 0 Å². The lowest BCUT2D eigenvalue weighted by molar-refractivity contribution is 0.331. The Balaban J connectivity index is 1.58. The number of benzene rings is 1. The van der Waals surface area contributed by atoms with Gasteiger partial charge in [-0.15, -0.1) is 0 Å². The molecule has 2 heteroatoms. The highest BCUT2D eigenvalue weighted by molar-refractivity contribution is 5.78. The van der Waals surface area contributed by atoms with Gasteiger partial charge >= 0.3 is 0 Å². The van der Waals surface area contributed by atoms with E-state index in [-0.39, 0.29) is 0 Å². The minimum absolute atomic E-state index is 0.957. The predicted octanol–water partition coefficient (Wildman–Crippen LogP) is 3.54. The first-order chi connectivity index (χ1) is 8.38. The second kappa shape index (κ2) is 3.59. The molecule has 0 aliphatic heterocycles. The zero-order valence-corrected chi connectivity index (χ0v) is 10.0. The second-order valence-electron chi connectivity index (χ2n) is 5.93. The molecular weight excluding hydrogens is 208 g/mol. The Morgan fingerprint density at radius 1 is 1.24 bits per heavy atom. The largest absolute Gasteiger partial charge is 0.278 e. The molecule has 1 aromatic heterocycles. The quantitative estimate of drug-likeness (QED) is 0.833. The first-order valence-corrected chi connectivity index (χ1v) is 6.80. The van der Waals surface area contributed by atoms with Crippen molar-refractivity contribution in [1.82, 2.24) is 10.2 Å². The molecule has 17 heavy (non-hydrogen) atoms. The Labute approximate surface area is 101 Å². The number of hydrogen-bond donors (Lipinski definition) is 1. The van der Waals surface area contributed by atoms with Crippen LogP contribution >= 0.6 is 0 Å². The smallest absolute Gasteiger partial charge is 0.0650 e. The Bertz CT molecular complexity index is 543. The van der Waals surface area contributed by atoms with E-state index in [0.717, 1.165) is 23.3 Å². The van der Waals surface area contributed by atoms with Crippen LogP contribution in [-0.2, 0) is 6.42 Å². The van der Waals surface area contributed by atoms with Gasteiger partial charge in [-0.25, -0.2) is 0 Å². The van der Waals surface area contributed by atoms with E-state index in [2.05, 4.69) is 28.4 Å². The highest BCUT2D eigenvalue weighted by Crippen LogP contribution is 2.49. The number of H-pyrrole nitrogens is 1. The molecular formula is C15H18N2. The molecule has 1 N–H and O–H groups in total. The molecule has 3 unspecified atom stereocenters. The van der Waals surface area contributed by atoms with Crippen molar-refractivity contribution in [2.75, 3.05) is 0 Å². The molecule has 88 valence electrons. The summed E-state index contributed by atoms with van der Waals surface area (Å²) in [6.45, 7) is 0. The van der Waals surface area contributed by atoms with E-state index < -0.39 is 0 Å². The molecule has 1 heterocycles. The lowest BCUT2D eigenvalue weighted by atomic mass is 9.84. The van der Waals surface area contributed by atoms with Gasteiger partial charge in [-0.1, -0.05) is 12.5 Å². The summed E-state index contributed by atoms with van der Waals surface area (Å²) in [5.41, 5.74) is 2.65. The van der Waals surface area contributed by atoms with Gasteiger partial charge in [-0.05, 0) is 61.1 Å².